The first kappa shape index (κ1) is 13.9. The van der Waals surface area contributed by atoms with Crippen LogP contribution in [0.5, 0.6) is 5.75 Å². The molecule has 0 fully saturated rings. The molecule has 0 bridgehead atoms. The van der Waals surface area contributed by atoms with Gasteiger partial charge in [-0.05, 0) is 36.3 Å². The van der Waals surface area contributed by atoms with Crippen molar-refractivity contribution in [1.29, 1.82) is 0 Å². The van der Waals surface area contributed by atoms with Crippen LogP contribution >= 0.6 is 0 Å². The summed E-state index contributed by atoms with van der Waals surface area (Å²) in [4.78, 5) is 0. The van der Waals surface area contributed by atoms with E-state index in [0.29, 0.717) is 0 Å². The molecular weight excluding hydrogens is 258 g/mol. The van der Waals surface area contributed by atoms with Crippen molar-refractivity contribution in [3.63, 3.8) is 0 Å². The largest absolute Gasteiger partial charge is 0.492 e. The van der Waals surface area contributed by atoms with Crippen LogP contribution in [0.1, 0.15) is 13.3 Å². The van der Waals surface area contributed by atoms with Crippen LogP contribution in [-0.4, -0.2) is 19.7 Å². The summed E-state index contributed by atoms with van der Waals surface area (Å²) in [6.07, 6.45) is 1.02. The molecule has 0 amide bonds. The summed E-state index contributed by atoms with van der Waals surface area (Å²) >= 11 is 0. The first-order valence-corrected chi connectivity index (χ1v) is 7.64. The van der Waals surface area contributed by atoms with Crippen molar-refractivity contribution >= 4 is 21.5 Å². The van der Waals surface area contributed by atoms with E-state index in [2.05, 4.69) is 66.8 Å². The minimum absolute atomic E-state index is 0.741. The van der Waals surface area contributed by atoms with Gasteiger partial charge in [-0.2, -0.15) is 0 Å². The van der Waals surface area contributed by atoms with Gasteiger partial charge in [0, 0.05) is 10.8 Å². The second-order valence-corrected chi connectivity index (χ2v) is 5.20. The van der Waals surface area contributed by atoms with E-state index in [9.17, 15) is 0 Å². The lowest BCUT2D eigenvalue weighted by atomic mass is 10.0. The Bertz CT molecular complexity index is 682. The minimum Gasteiger partial charge on any atom is -0.492 e. The van der Waals surface area contributed by atoms with Crippen LogP contribution in [0.25, 0.3) is 21.5 Å². The number of hydrogen-bond donors (Lipinski definition) is 1. The van der Waals surface area contributed by atoms with Crippen LogP contribution in [0.3, 0.4) is 0 Å². The van der Waals surface area contributed by atoms with Crippen molar-refractivity contribution in [3.8, 4) is 5.75 Å². The topological polar surface area (TPSA) is 21.3 Å². The second kappa shape index (κ2) is 6.59. The quantitative estimate of drug-likeness (QED) is 0.534. The molecule has 1 N–H and O–H groups in total. The van der Waals surface area contributed by atoms with Gasteiger partial charge in [-0.3, -0.25) is 0 Å². The highest BCUT2D eigenvalue weighted by molar-refractivity contribution is 6.05. The lowest BCUT2D eigenvalue weighted by Gasteiger charge is -2.13. The molecule has 0 radical (unpaired) electrons. The summed E-state index contributed by atoms with van der Waals surface area (Å²) in [6, 6.07) is 19.1. The Hall–Kier alpha value is -2.06. The van der Waals surface area contributed by atoms with Crippen molar-refractivity contribution in [3.05, 3.63) is 54.6 Å². The van der Waals surface area contributed by atoms with Gasteiger partial charge >= 0.3 is 0 Å². The van der Waals surface area contributed by atoms with E-state index in [1.54, 1.807) is 0 Å². The highest BCUT2D eigenvalue weighted by atomic mass is 16.5. The summed E-state index contributed by atoms with van der Waals surface area (Å²) in [7, 11) is 0. The molecule has 0 unspecified atom stereocenters. The first-order valence-electron chi connectivity index (χ1n) is 7.64. The number of nitrogens with one attached hydrogen (secondary N) is 1. The van der Waals surface area contributed by atoms with Gasteiger partial charge in [-0.15, -0.1) is 0 Å². The van der Waals surface area contributed by atoms with Crippen LogP contribution < -0.4 is 10.1 Å². The molecule has 108 valence electrons. The monoisotopic (exact) mass is 279 g/mol. The molecule has 2 heteroatoms. The second-order valence-electron chi connectivity index (χ2n) is 5.20. The maximum Gasteiger partial charge on any atom is 0.134 e. The van der Waals surface area contributed by atoms with Crippen LogP contribution in [0.15, 0.2) is 54.6 Å². The molecule has 3 aromatic carbocycles. The smallest absolute Gasteiger partial charge is 0.134 e. The first-order chi connectivity index (χ1) is 10.4. The standard InChI is InChI=1S/C19H21NO/c1-2-20-12-7-13-21-19-17-10-5-3-8-15(17)14-16-9-4-6-11-18(16)19/h3-6,8-11,14,20H,2,7,12-13H2,1H3. The summed E-state index contributed by atoms with van der Waals surface area (Å²) in [5, 5.41) is 8.19. The fourth-order valence-electron chi connectivity index (χ4n) is 2.68. The predicted molar refractivity (Wildman–Crippen MR) is 90.1 cm³/mol. The van der Waals surface area contributed by atoms with E-state index < -0.39 is 0 Å². The zero-order valence-corrected chi connectivity index (χ0v) is 12.4. The van der Waals surface area contributed by atoms with Crippen molar-refractivity contribution in [2.24, 2.45) is 0 Å². The van der Waals surface area contributed by atoms with Gasteiger partial charge in [-0.1, -0.05) is 55.5 Å². The van der Waals surface area contributed by atoms with Gasteiger partial charge in [0.25, 0.3) is 0 Å². The Morgan fingerprint density at radius 3 is 2.14 bits per heavy atom. The average Bonchev–Trinajstić information content (AvgIpc) is 2.53. The molecule has 0 atom stereocenters. The van der Waals surface area contributed by atoms with Crippen molar-refractivity contribution in [2.45, 2.75) is 13.3 Å². The van der Waals surface area contributed by atoms with Gasteiger partial charge in [0.05, 0.1) is 6.61 Å². The SMILES string of the molecule is CCNCCCOc1c2ccccc2cc2ccccc12. The molecule has 0 spiro atoms. The van der Waals surface area contributed by atoms with E-state index in [0.717, 1.165) is 31.9 Å². The van der Waals surface area contributed by atoms with E-state index >= 15 is 0 Å². The molecular formula is C19H21NO. The van der Waals surface area contributed by atoms with Gasteiger partial charge in [0.15, 0.2) is 0 Å². The lowest BCUT2D eigenvalue weighted by Crippen LogP contribution is -2.16. The number of fused-ring (bicyclic) bond motifs is 2. The van der Waals surface area contributed by atoms with Crippen molar-refractivity contribution < 1.29 is 4.74 Å². The number of ether oxygens (including phenoxy) is 1. The summed E-state index contributed by atoms with van der Waals surface area (Å²) in [6.45, 7) is 4.88. The van der Waals surface area contributed by atoms with Crippen molar-refractivity contribution in [1.82, 2.24) is 5.32 Å². The Labute approximate surface area is 125 Å². The Balaban J connectivity index is 1.96. The molecule has 0 aliphatic carbocycles. The Morgan fingerprint density at radius 1 is 0.905 bits per heavy atom. The van der Waals surface area contributed by atoms with Crippen LogP contribution in [0.2, 0.25) is 0 Å². The van der Waals surface area contributed by atoms with Crippen LogP contribution in [0.4, 0.5) is 0 Å². The average molecular weight is 279 g/mol. The molecule has 0 saturated carbocycles. The third-order valence-electron chi connectivity index (χ3n) is 3.72. The Morgan fingerprint density at radius 2 is 1.52 bits per heavy atom. The summed E-state index contributed by atoms with van der Waals surface area (Å²) < 4.78 is 6.14. The maximum absolute atomic E-state index is 6.14. The summed E-state index contributed by atoms with van der Waals surface area (Å²) in [5.74, 6) is 1.01. The third kappa shape index (κ3) is 3.01. The zero-order chi connectivity index (χ0) is 14.5. The molecule has 2 nitrogen and oxygen atoms in total. The van der Waals surface area contributed by atoms with E-state index in [1.165, 1.54) is 21.5 Å². The fraction of sp³-hybridized carbons (Fsp3) is 0.263. The zero-order valence-electron chi connectivity index (χ0n) is 12.4. The maximum atomic E-state index is 6.14. The van der Waals surface area contributed by atoms with Gasteiger partial charge in [0.2, 0.25) is 0 Å². The molecule has 0 aliphatic rings. The van der Waals surface area contributed by atoms with Crippen LogP contribution in [0, 0.1) is 0 Å². The Kier molecular flexibility index (Phi) is 4.37. The number of benzene rings is 3. The molecule has 3 rings (SSSR count). The fourth-order valence-corrected chi connectivity index (χ4v) is 2.68. The molecule has 0 aliphatic heterocycles. The molecule has 0 heterocycles. The van der Waals surface area contributed by atoms with Gasteiger partial charge in [-0.25, -0.2) is 0 Å². The number of rotatable bonds is 6. The highest BCUT2D eigenvalue weighted by Gasteiger charge is 2.08. The van der Waals surface area contributed by atoms with E-state index in [1.807, 2.05) is 0 Å². The van der Waals surface area contributed by atoms with Gasteiger partial charge in [0.1, 0.15) is 5.75 Å². The predicted octanol–water partition coefficient (Wildman–Crippen LogP) is 4.37. The summed E-state index contributed by atoms with van der Waals surface area (Å²) in [5.41, 5.74) is 0. The molecule has 21 heavy (non-hydrogen) atoms. The molecule has 3 aromatic rings. The van der Waals surface area contributed by atoms with E-state index in [-0.39, 0.29) is 0 Å². The lowest BCUT2D eigenvalue weighted by molar-refractivity contribution is 0.315. The minimum atomic E-state index is 0.741. The van der Waals surface area contributed by atoms with E-state index in [4.69, 9.17) is 4.74 Å². The molecule has 0 saturated heterocycles. The third-order valence-corrected chi connectivity index (χ3v) is 3.72. The highest BCUT2D eigenvalue weighted by Crippen LogP contribution is 2.34. The molecule has 0 aromatic heterocycles. The number of hydrogen-bond acceptors (Lipinski definition) is 2. The van der Waals surface area contributed by atoms with Crippen molar-refractivity contribution in [2.75, 3.05) is 19.7 Å². The normalized spacial score (nSPS) is 11.1. The van der Waals surface area contributed by atoms with Crippen LogP contribution in [-0.2, 0) is 0 Å². The van der Waals surface area contributed by atoms with Gasteiger partial charge < -0.3 is 10.1 Å².